The van der Waals surface area contributed by atoms with Gasteiger partial charge in [-0.2, -0.15) is 0 Å². The molecule has 0 heterocycles. The largest absolute Gasteiger partial charge is 0.444 e. The first kappa shape index (κ1) is 20.8. The predicted molar refractivity (Wildman–Crippen MR) is 96.9 cm³/mol. The van der Waals surface area contributed by atoms with E-state index < -0.39 is 23.4 Å². The van der Waals surface area contributed by atoms with Crippen LogP contribution in [0.3, 0.4) is 0 Å². The van der Waals surface area contributed by atoms with Crippen LogP contribution in [0.2, 0.25) is 0 Å². The van der Waals surface area contributed by atoms with E-state index in [9.17, 15) is 14.7 Å². The summed E-state index contributed by atoms with van der Waals surface area (Å²) in [4.78, 5) is 23.9. The summed E-state index contributed by atoms with van der Waals surface area (Å²) >= 11 is 0. The lowest BCUT2D eigenvalue weighted by Crippen LogP contribution is -2.28. The van der Waals surface area contributed by atoms with Crippen molar-refractivity contribution in [1.82, 2.24) is 0 Å². The predicted octanol–water partition coefficient (Wildman–Crippen LogP) is 3.92. The van der Waals surface area contributed by atoms with Crippen molar-refractivity contribution in [3.8, 4) is 0 Å². The first-order chi connectivity index (χ1) is 11.4. The summed E-state index contributed by atoms with van der Waals surface area (Å²) < 4.78 is 10.4. The molecule has 25 heavy (non-hydrogen) atoms. The van der Waals surface area contributed by atoms with Crippen molar-refractivity contribution in [2.45, 2.75) is 59.2 Å². The molecule has 0 atom stereocenters. The first-order valence-electron chi connectivity index (χ1n) is 8.13. The number of hydrogen-bond acceptors (Lipinski definition) is 5. The van der Waals surface area contributed by atoms with Gasteiger partial charge in [-0.25, -0.2) is 9.59 Å². The summed E-state index contributed by atoms with van der Waals surface area (Å²) in [7, 11) is 0. The van der Waals surface area contributed by atoms with Gasteiger partial charge in [0.05, 0.1) is 0 Å². The lowest BCUT2D eigenvalue weighted by molar-refractivity contribution is 0.0625. The third-order valence-corrected chi connectivity index (χ3v) is 2.77. The van der Waals surface area contributed by atoms with E-state index in [4.69, 9.17) is 9.47 Å². The minimum atomic E-state index is -0.631. The molecule has 0 saturated heterocycles. The number of ether oxygens (including phenoxy) is 2. The third-order valence-electron chi connectivity index (χ3n) is 2.77. The second-order valence-corrected chi connectivity index (χ2v) is 7.60. The number of anilines is 2. The quantitative estimate of drug-likeness (QED) is 0.763. The molecule has 0 aliphatic carbocycles. The van der Waals surface area contributed by atoms with E-state index in [0.29, 0.717) is 17.8 Å². The maximum absolute atomic E-state index is 12.0. The Morgan fingerprint density at radius 1 is 0.960 bits per heavy atom. The van der Waals surface area contributed by atoms with Gasteiger partial charge in [0.25, 0.3) is 0 Å². The molecule has 0 bridgehead atoms. The monoisotopic (exact) mass is 352 g/mol. The molecule has 0 fully saturated rings. The molecule has 7 nitrogen and oxygen atoms in total. The molecule has 0 spiro atoms. The van der Waals surface area contributed by atoms with Crippen LogP contribution in [0.5, 0.6) is 0 Å². The van der Waals surface area contributed by atoms with Gasteiger partial charge >= 0.3 is 12.2 Å². The van der Waals surface area contributed by atoms with Crippen LogP contribution in [-0.2, 0) is 15.9 Å². The molecule has 0 aliphatic rings. The summed E-state index contributed by atoms with van der Waals surface area (Å²) in [5, 5.41) is 14.4. The summed E-state index contributed by atoms with van der Waals surface area (Å²) in [5.41, 5.74) is 0.397. The smallest absolute Gasteiger partial charge is 0.412 e. The Bertz CT molecular complexity index is 615. The number of carbonyl (C=O) groups excluding carboxylic acids is 2. The van der Waals surface area contributed by atoms with Gasteiger partial charge in [-0.1, -0.05) is 6.07 Å². The van der Waals surface area contributed by atoms with Gasteiger partial charge in [0.1, 0.15) is 11.2 Å². The van der Waals surface area contributed by atoms with Crippen molar-refractivity contribution < 1.29 is 24.2 Å². The maximum Gasteiger partial charge on any atom is 0.412 e. The molecule has 0 aliphatic heterocycles. The third kappa shape index (κ3) is 8.39. The highest BCUT2D eigenvalue weighted by Crippen LogP contribution is 2.23. The molecule has 1 aromatic rings. The Hall–Kier alpha value is -2.28. The van der Waals surface area contributed by atoms with Crippen LogP contribution in [0.15, 0.2) is 18.2 Å². The Labute approximate surface area is 148 Å². The number of amides is 2. The van der Waals surface area contributed by atoms with Crippen LogP contribution in [0.1, 0.15) is 47.1 Å². The lowest BCUT2D eigenvalue weighted by Gasteiger charge is -2.21. The molecule has 0 aromatic heterocycles. The van der Waals surface area contributed by atoms with Crippen molar-refractivity contribution in [3.63, 3.8) is 0 Å². The van der Waals surface area contributed by atoms with Gasteiger partial charge in [0.2, 0.25) is 0 Å². The molecule has 0 saturated carbocycles. The second kappa shape index (κ2) is 8.20. The number of aliphatic hydroxyl groups is 1. The number of aliphatic hydroxyl groups excluding tert-OH is 1. The normalized spacial score (nSPS) is 11.6. The number of hydrogen-bond donors (Lipinski definition) is 3. The zero-order valence-corrected chi connectivity index (χ0v) is 15.7. The van der Waals surface area contributed by atoms with E-state index in [1.807, 2.05) is 0 Å². The van der Waals surface area contributed by atoms with E-state index in [1.165, 1.54) is 0 Å². The molecular weight excluding hydrogens is 324 g/mol. The minimum Gasteiger partial charge on any atom is -0.444 e. The number of carbonyl (C=O) groups is 2. The van der Waals surface area contributed by atoms with Crippen LogP contribution >= 0.6 is 0 Å². The Morgan fingerprint density at radius 2 is 1.48 bits per heavy atom. The zero-order valence-electron chi connectivity index (χ0n) is 15.7. The Kier molecular flexibility index (Phi) is 6.81. The molecule has 1 rings (SSSR count). The minimum absolute atomic E-state index is 0.0676. The van der Waals surface area contributed by atoms with E-state index in [2.05, 4.69) is 10.6 Å². The van der Waals surface area contributed by atoms with E-state index in [-0.39, 0.29) is 6.61 Å². The van der Waals surface area contributed by atoms with Gasteiger partial charge in [-0.3, -0.25) is 10.6 Å². The van der Waals surface area contributed by atoms with Crippen molar-refractivity contribution in [2.75, 3.05) is 17.2 Å². The highest BCUT2D eigenvalue weighted by molar-refractivity contribution is 5.90. The first-order valence-corrected chi connectivity index (χ1v) is 8.13. The maximum atomic E-state index is 12.0. The Morgan fingerprint density at radius 3 is 1.96 bits per heavy atom. The summed E-state index contributed by atoms with van der Waals surface area (Å²) in [6.45, 7) is 10.5. The van der Waals surface area contributed by atoms with Gasteiger partial charge in [-0.05, 0) is 65.7 Å². The second-order valence-electron chi connectivity index (χ2n) is 7.60. The van der Waals surface area contributed by atoms with Gasteiger partial charge < -0.3 is 14.6 Å². The van der Waals surface area contributed by atoms with E-state index in [1.54, 1.807) is 59.7 Å². The van der Waals surface area contributed by atoms with Gasteiger partial charge in [0.15, 0.2) is 0 Å². The standard InChI is InChI=1S/C18H28N2O5/c1-17(2,3)24-15(22)19-13-8-7-12(9-10-21)14(11-13)20-16(23)25-18(4,5)6/h7-8,11,21H,9-10H2,1-6H3,(H,19,22)(H,20,23). The van der Waals surface area contributed by atoms with Crippen molar-refractivity contribution in [2.24, 2.45) is 0 Å². The summed E-state index contributed by atoms with van der Waals surface area (Å²) in [6.07, 6.45) is -0.843. The van der Waals surface area contributed by atoms with Crippen LogP contribution in [0, 0.1) is 0 Å². The Balaban J connectivity index is 2.93. The fourth-order valence-corrected chi connectivity index (χ4v) is 1.94. The molecule has 7 heteroatoms. The number of rotatable bonds is 4. The fraction of sp³-hybridized carbons (Fsp3) is 0.556. The van der Waals surface area contributed by atoms with Crippen LogP contribution in [0.4, 0.5) is 21.0 Å². The molecule has 2 amide bonds. The molecule has 0 unspecified atom stereocenters. The summed E-state index contributed by atoms with van der Waals surface area (Å²) in [6, 6.07) is 4.99. The van der Waals surface area contributed by atoms with Crippen molar-refractivity contribution in [3.05, 3.63) is 23.8 Å². The number of benzene rings is 1. The molecule has 1 aromatic carbocycles. The molecular formula is C18H28N2O5. The van der Waals surface area contributed by atoms with Gasteiger partial charge in [0, 0.05) is 18.0 Å². The van der Waals surface area contributed by atoms with Crippen molar-refractivity contribution >= 4 is 23.6 Å². The topological polar surface area (TPSA) is 96.9 Å². The van der Waals surface area contributed by atoms with Crippen molar-refractivity contribution in [1.29, 1.82) is 0 Å². The average Bonchev–Trinajstić information content (AvgIpc) is 2.37. The van der Waals surface area contributed by atoms with E-state index >= 15 is 0 Å². The molecule has 3 N–H and O–H groups in total. The fourth-order valence-electron chi connectivity index (χ4n) is 1.94. The average molecular weight is 352 g/mol. The molecule has 0 radical (unpaired) electrons. The molecule has 140 valence electrons. The number of nitrogens with one attached hydrogen (secondary N) is 2. The van der Waals surface area contributed by atoms with Crippen LogP contribution in [-0.4, -0.2) is 35.1 Å². The highest BCUT2D eigenvalue weighted by Gasteiger charge is 2.19. The van der Waals surface area contributed by atoms with Crippen LogP contribution < -0.4 is 10.6 Å². The zero-order chi connectivity index (χ0) is 19.3. The lowest BCUT2D eigenvalue weighted by atomic mass is 10.1. The highest BCUT2D eigenvalue weighted by atomic mass is 16.6. The van der Waals surface area contributed by atoms with Crippen LogP contribution in [0.25, 0.3) is 0 Å². The SMILES string of the molecule is CC(C)(C)OC(=O)Nc1ccc(CCO)c(NC(=O)OC(C)(C)C)c1. The van der Waals surface area contributed by atoms with Gasteiger partial charge in [-0.15, -0.1) is 0 Å². The summed E-state index contributed by atoms with van der Waals surface area (Å²) in [5.74, 6) is 0. The van der Waals surface area contributed by atoms with E-state index in [0.717, 1.165) is 5.56 Å².